The summed E-state index contributed by atoms with van der Waals surface area (Å²) in [5.74, 6) is 0. The molecule has 0 spiro atoms. The fraction of sp³-hybridized carbons (Fsp3) is 0.727. The molecule has 3 heteroatoms. The summed E-state index contributed by atoms with van der Waals surface area (Å²) in [4.78, 5) is 0. The van der Waals surface area contributed by atoms with Gasteiger partial charge in [-0.05, 0) is 31.4 Å². The Labute approximate surface area is 86.5 Å². The first-order valence-corrected chi connectivity index (χ1v) is 5.47. The van der Waals surface area contributed by atoms with Gasteiger partial charge in [0.05, 0.1) is 6.20 Å². The van der Waals surface area contributed by atoms with Gasteiger partial charge in [-0.15, -0.1) is 0 Å². The van der Waals surface area contributed by atoms with Crippen molar-refractivity contribution >= 4 is 0 Å². The van der Waals surface area contributed by atoms with E-state index in [9.17, 15) is 0 Å². The first-order valence-electron chi connectivity index (χ1n) is 5.47. The molecule has 0 aromatic carbocycles. The molecule has 0 aliphatic heterocycles. The number of hydrogen-bond donors (Lipinski definition) is 1. The van der Waals surface area contributed by atoms with Gasteiger partial charge < -0.3 is 5.32 Å². The molecule has 1 N–H and O–H groups in total. The number of aromatic nitrogens is 2. The fourth-order valence-electron chi connectivity index (χ4n) is 1.60. The lowest BCUT2D eigenvalue weighted by atomic mass is 10.1. The highest BCUT2D eigenvalue weighted by molar-refractivity contribution is 5.03. The molecule has 0 unspecified atom stereocenters. The Morgan fingerprint density at radius 1 is 1.43 bits per heavy atom. The average molecular weight is 195 g/mol. The second-order valence-corrected chi connectivity index (χ2v) is 3.74. The lowest BCUT2D eigenvalue weighted by molar-refractivity contribution is 0.488. The molecule has 0 fully saturated rings. The number of nitrogens with zero attached hydrogens (tertiary/aromatic N) is 2. The smallest absolute Gasteiger partial charge is 0.0522 e. The van der Waals surface area contributed by atoms with Crippen molar-refractivity contribution in [3.63, 3.8) is 0 Å². The van der Waals surface area contributed by atoms with E-state index in [-0.39, 0.29) is 0 Å². The average Bonchev–Trinajstić information content (AvgIpc) is 2.59. The summed E-state index contributed by atoms with van der Waals surface area (Å²) >= 11 is 0. The van der Waals surface area contributed by atoms with Crippen LogP contribution in [0.2, 0.25) is 0 Å². The van der Waals surface area contributed by atoms with Crippen molar-refractivity contribution in [2.45, 2.75) is 39.2 Å². The van der Waals surface area contributed by atoms with Crippen LogP contribution in [0.15, 0.2) is 12.4 Å². The van der Waals surface area contributed by atoms with Gasteiger partial charge in [0, 0.05) is 19.3 Å². The van der Waals surface area contributed by atoms with E-state index in [2.05, 4.69) is 30.5 Å². The van der Waals surface area contributed by atoms with Crippen molar-refractivity contribution in [3.8, 4) is 0 Å². The van der Waals surface area contributed by atoms with Crippen molar-refractivity contribution in [1.82, 2.24) is 15.1 Å². The third-order valence-electron chi connectivity index (χ3n) is 2.59. The SMILES string of the molecule is CCC(CC)NCCc1cnn(C)c1. The largest absolute Gasteiger partial charge is 0.314 e. The lowest BCUT2D eigenvalue weighted by Crippen LogP contribution is -2.29. The first-order chi connectivity index (χ1) is 6.76. The predicted octanol–water partition coefficient (Wildman–Crippen LogP) is 1.74. The molecule has 1 aromatic heterocycles. The summed E-state index contributed by atoms with van der Waals surface area (Å²) in [6, 6.07) is 0.673. The molecule has 80 valence electrons. The summed E-state index contributed by atoms with van der Waals surface area (Å²) in [7, 11) is 1.96. The standard InChI is InChI=1S/C11H21N3/c1-4-11(5-2)12-7-6-10-8-13-14(3)9-10/h8-9,11-12H,4-7H2,1-3H3. The van der Waals surface area contributed by atoms with Crippen LogP contribution >= 0.6 is 0 Å². The summed E-state index contributed by atoms with van der Waals surface area (Å²) < 4.78 is 1.85. The van der Waals surface area contributed by atoms with Crippen LogP contribution < -0.4 is 5.32 Å². The number of nitrogens with one attached hydrogen (secondary N) is 1. The Kier molecular flexibility index (Phi) is 4.66. The first kappa shape index (κ1) is 11.2. The molecule has 0 aliphatic carbocycles. The summed E-state index contributed by atoms with van der Waals surface area (Å²) in [6.07, 6.45) is 7.51. The topological polar surface area (TPSA) is 29.9 Å². The maximum Gasteiger partial charge on any atom is 0.0522 e. The van der Waals surface area contributed by atoms with Gasteiger partial charge >= 0.3 is 0 Å². The number of hydrogen-bond acceptors (Lipinski definition) is 2. The molecule has 1 aromatic rings. The molecule has 0 saturated carbocycles. The zero-order valence-corrected chi connectivity index (χ0v) is 9.45. The van der Waals surface area contributed by atoms with E-state index in [4.69, 9.17) is 0 Å². The van der Waals surface area contributed by atoms with Crippen molar-refractivity contribution in [2.24, 2.45) is 7.05 Å². The van der Waals surface area contributed by atoms with Gasteiger partial charge in [-0.2, -0.15) is 5.10 Å². The van der Waals surface area contributed by atoms with Crippen LogP contribution in [0.1, 0.15) is 32.3 Å². The number of aryl methyl sites for hydroxylation is 1. The molecule has 1 heterocycles. The Morgan fingerprint density at radius 2 is 2.14 bits per heavy atom. The van der Waals surface area contributed by atoms with Crippen LogP contribution in [-0.4, -0.2) is 22.4 Å². The lowest BCUT2D eigenvalue weighted by Gasteiger charge is -2.13. The zero-order valence-electron chi connectivity index (χ0n) is 9.45. The summed E-state index contributed by atoms with van der Waals surface area (Å²) in [6.45, 7) is 5.51. The molecule has 1 rings (SSSR count). The zero-order chi connectivity index (χ0) is 10.4. The molecule has 0 saturated heterocycles. The van der Waals surface area contributed by atoms with Crippen LogP contribution in [0, 0.1) is 0 Å². The molecule has 0 radical (unpaired) electrons. The van der Waals surface area contributed by atoms with Crippen LogP contribution in [0.4, 0.5) is 0 Å². The second-order valence-electron chi connectivity index (χ2n) is 3.74. The molecule has 0 aliphatic rings. The van der Waals surface area contributed by atoms with E-state index in [1.165, 1.54) is 18.4 Å². The van der Waals surface area contributed by atoms with Crippen LogP contribution in [0.3, 0.4) is 0 Å². The Bertz CT molecular complexity index is 251. The Morgan fingerprint density at radius 3 is 2.64 bits per heavy atom. The molecular formula is C11H21N3. The maximum atomic E-state index is 4.14. The minimum atomic E-state index is 0.673. The third kappa shape index (κ3) is 3.50. The van der Waals surface area contributed by atoms with E-state index in [1.54, 1.807) is 0 Å². The van der Waals surface area contributed by atoms with Crippen molar-refractivity contribution in [2.75, 3.05) is 6.54 Å². The number of rotatable bonds is 6. The van der Waals surface area contributed by atoms with Gasteiger partial charge in [0.2, 0.25) is 0 Å². The van der Waals surface area contributed by atoms with Gasteiger partial charge in [0.25, 0.3) is 0 Å². The molecule has 14 heavy (non-hydrogen) atoms. The van der Waals surface area contributed by atoms with Crippen LogP contribution in [0.5, 0.6) is 0 Å². The van der Waals surface area contributed by atoms with Gasteiger partial charge in [0.1, 0.15) is 0 Å². The highest BCUT2D eigenvalue weighted by Crippen LogP contribution is 1.99. The Hall–Kier alpha value is -0.830. The van der Waals surface area contributed by atoms with E-state index in [1.807, 2.05) is 17.9 Å². The fourth-order valence-corrected chi connectivity index (χ4v) is 1.60. The van der Waals surface area contributed by atoms with Crippen LogP contribution in [0.25, 0.3) is 0 Å². The minimum Gasteiger partial charge on any atom is -0.314 e. The van der Waals surface area contributed by atoms with Gasteiger partial charge in [-0.25, -0.2) is 0 Å². The summed E-state index contributed by atoms with van der Waals surface area (Å²) in [5.41, 5.74) is 1.31. The Balaban J connectivity index is 2.21. The van der Waals surface area contributed by atoms with Gasteiger partial charge in [-0.1, -0.05) is 13.8 Å². The van der Waals surface area contributed by atoms with E-state index >= 15 is 0 Å². The van der Waals surface area contributed by atoms with Gasteiger partial charge in [-0.3, -0.25) is 4.68 Å². The van der Waals surface area contributed by atoms with E-state index in [0.717, 1.165) is 13.0 Å². The molecule has 0 bridgehead atoms. The monoisotopic (exact) mass is 195 g/mol. The maximum absolute atomic E-state index is 4.14. The molecule has 3 nitrogen and oxygen atoms in total. The van der Waals surface area contributed by atoms with E-state index < -0.39 is 0 Å². The third-order valence-corrected chi connectivity index (χ3v) is 2.59. The molecule has 0 atom stereocenters. The highest BCUT2D eigenvalue weighted by Gasteiger charge is 2.01. The van der Waals surface area contributed by atoms with Crippen molar-refractivity contribution in [1.29, 1.82) is 0 Å². The highest BCUT2D eigenvalue weighted by atomic mass is 15.2. The van der Waals surface area contributed by atoms with Crippen molar-refractivity contribution < 1.29 is 0 Å². The van der Waals surface area contributed by atoms with Gasteiger partial charge in [0.15, 0.2) is 0 Å². The second kappa shape index (κ2) is 5.81. The minimum absolute atomic E-state index is 0.673. The van der Waals surface area contributed by atoms with Crippen LogP contribution in [-0.2, 0) is 13.5 Å². The van der Waals surface area contributed by atoms with Crippen molar-refractivity contribution in [3.05, 3.63) is 18.0 Å². The quantitative estimate of drug-likeness (QED) is 0.749. The van der Waals surface area contributed by atoms with E-state index in [0.29, 0.717) is 6.04 Å². The molecular weight excluding hydrogens is 174 g/mol. The predicted molar refractivity (Wildman–Crippen MR) is 59.3 cm³/mol. The molecule has 0 amide bonds. The normalized spacial score (nSPS) is 11.1. The summed E-state index contributed by atoms with van der Waals surface area (Å²) in [5, 5.41) is 7.68.